The van der Waals surface area contributed by atoms with Crippen molar-refractivity contribution in [3.8, 4) is 0 Å². The van der Waals surface area contributed by atoms with E-state index in [-0.39, 0.29) is 5.01 Å². The molecule has 1 atom stereocenters. The highest BCUT2D eigenvalue weighted by molar-refractivity contribution is 7.89. The minimum Gasteiger partial charge on any atom is -0.320 e. The van der Waals surface area contributed by atoms with Gasteiger partial charge in [-0.25, -0.2) is 8.42 Å². The van der Waals surface area contributed by atoms with E-state index in [1.807, 2.05) is 19.1 Å². The summed E-state index contributed by atoms with van der Waals surface area (Å²) in [7, 11) is -3.70. The van der Waals surface area contributed by atoms with E-state index < -0.39 is 22.0 Å². The SMILES string of the molecule is Cc1ccc(C)c(S(=O)(=O)N2CCC[C@H]2c2nnc(C(=O)Nc3cccc(Cl)c3)s2)c1. The molecule has 0 unspecified atom stereocenters. The molecule has 162 valence electrons. The Morgan fingerprint density at radius 2 is 2.00 bits per heavy atom. The van der Waals surface area contributed by atoms with Crippen LogP contribution in [0.3, 0.4) is 0 Å². The zero-order chi connectivity index (χ0) is 22.2. The Morgan fingerprint density at radius 1 is 1.19 bits per heavy atom. The summed E-state index contributed by atoms with van der Waals surface area (Å²) in [6.45, 7) is 4.07. The van der Waals surface area contributed by atoms with Gasteiger partial charge in [-0.05, 0) is 62.1 Å². The summed E-state index contributed by atoms with van der Waals surface area (Å²) < 4.78 is 28.3. The molecule has 10 heteroatoms. The maximum absolute atomic E-state index is 13.4. The quantitative estimate of drug-likeness (QED) is 0.581. The minimum atomic E-state index is -3.70. The van der Waals surface area contributed by atoms with E-state index in [2.05, 4.69) is 15.5 Å². The van der Waals surface area contributed by atoms with Crippen LogP contribution in [0.25, 0.3) is 0 Å². The fourth-order valence-corrected chi connectivity index (χ4v) is 6.71. The number of carbonyl (C=O) groups excluding carboxylic acids is 1. The van der Waals surface area contributed by atoms with Gasteiger partial charge in [-0.2, -0.15) is 4.31 Å². The van der Waals surface area contributed by atoms with E-state index >= 15 is 0 Å². The summed E-state index contributed by atoms with van der Waals surface area (Å²) in [5, 5.41) is 12.1. The minimum absolute atomic E-state index is 0.172. The Bertz CT molecular complexity index is 1240. The molecule has 0 spiro atoms. The number of anilines is 1. The van der Waals surface area contributed by atoms with Crippen LogP contribution in [0.15, 0.2) is 47.4 Å². The molecule has 2 aromatic carbocycles. The van der Waals surface area contributed by atoms with E-state index in [4.69, 9.17) is 11.6 Å². The highest BCUT2D eigenvalue weighted by Crippen LogP contribution is 2.38. The normalized spacial score (nSPS) is 17.1. The molecule has 1 aliphatic rings. The molecule has 1 N–H and O–H groups in total. The third-order valence-electron chi connectivity index (χ3n) is 5.14. The Hall–Kier alpha value is -2.33. The van der Waals surface area contributed by atoms with Crippen LogP contribution in [0.4, 0.5) is 5.69 Å². The Morgan fingerprint density at radius 3 is 2.77 bits per heavy atom. The lowest BCUT2D eigenvalue weighted by Crippen LogP contribution is -2.31. The second-order valence-corrected chi connectivity index (χ2v) is 10.8. The number of nitrogens with zero attached hydrogens (tertiary/aromatic N) is 3. The summed E-state index contributed by atoms with van der Waals surface area (Å²) in [4.78, 5) is 12.9. The van der Waals surface area contributed by atoms with Gasteiger partial charge in [0.1, 0.15) is 5.01 Å². The van der Waals surface area contributed by atoms with Crippen molar-refractivity contribution in [2.45, 2.75) is 37.6 Å². The number of benzene rings is 2. The molecule has 4 rings (SSSR count). The number of aryl methyl sites for hydroxylation is 2. The standard InChI is InChI=1S/C21H21ClN4O3S2/c1-13-8-9-14(2)18(11-13)31(28,29)26-10-4-7-17(26)20-24-25-21(30-20)19(27)23-16-6-3-5-15(22)12-16/h3,5-6,8-9,11-12,17H,4,7,10H2,1-2H3,(H,23,27)/t17-/m0/s1. The van der Waals surface area contributed by atoms with Gasteiger partial charge < -0.3 is 5.32 Å². The summed E-state index contributed by atoms with van der Waals surface area (Å²) in [6, 6.07) is 11.8. The van der Waals surface area contributed by atoms with Crippen molar-refractivity contribution in [1.29, 1.82) is 0 Å². The molecule has 31 heavy (non-hydrogen) atoms. The second kappa shape index (κ2) is 8.66. The Kier molecular flexibility index (Phi) is 6.11. The zero-order valence-corrected chi connectivity index (χ0v) is 19.4. The third kappa shape index (κ3) is 4.50. The van der Waals surface area contributed by atoms with Gasteiger partial charge in [0.05, 0.1) is 10.9 Å². The number of nitrogens with one attached hydrogen (secondary N) is 1. The molecule has 3 aromatic rings. The van der Waals surface area contributed by atoms with E-state index in [1.54, 1.807) is 37.3 Å². The molecule has 1 amide bonds. The van der Waals surface area contributed by atoms with Gasteiger partial charge in [0.25, 0.3) is 5.91 Å². The molecule has 0 radical (unpaired) electrons. The van der Waals surface area contributed by atoms with Crippen molar-refractivity contribution < 1.29 is 13.2 Å². The maximum Gasteiger partial charge on any atom is 0.286 e. The number of halogens is 1. The Labute approximate surface area is 190 Å². The third-order valence-corrected chi connectivity index (χ3v) is 8.44. The first-order valence-electron chi connectivity index (χ1n) is 9.75. The molecule has 0 bridgehead atoms. The average Bonchev–Trinajstić information content (AvgIpc) is 3.39. The van der Waals surface area contributed by atoms with E-state index in [1.165, 1.54) is 4.31 Å². The number of aromatic nitrogens is 2. The van der Waals surface area contributed by atoms with Crippen LogP contribution in [-0.4, -0.2) is 35.4 Å². The van der Waals surface area contributed by atoms with Crippen molar-refractivity contribution >= 4 is 44.6 Å². The van der Waals surface area contributed by atoms with Crippen LogP contribution in [0.2, 0.25) is 5.02 Å². The van der Waals surface area contributed by atoms with Crippen LogP contribution in [0.5, 0.6) is 0 Å². The molecule has 0 aliphatic carbocycles. The first-order chi connectivity index (χ1) is 14.8. The largest absolute Gasteiger partial charge is 0.320 e. The lowest BCUT2D eigenvalue weighted by molar-refractivity contribution is 0.102. The van der Waals surface area contributed by atoms with Crippen LogP contribution in [0, 0.1) is 13.8 Å². The maximum atomic E-state index is 13.4. The zero-order valence-electron chi connectivity index (χ0n) is 17.0. The lowest BCUT2D eigenvalue weighted by Gasteiger charge is -2.23. The predicted octanol–water partition coefficient (Wildman–Crippen LogP) is 4.59. The molecule has 7 nitrogen and oxygen atoms in total. The summed E-state index contributed by atoms with van der Waals surface area (Å²) in [5.41, 5.74) is 2.14. The highest BCUT2D eigenvalue weighted by atomic mass is 35.5. The number of sulfonamides is 1. The second-order valence-electron chi connectivity index (χ2n) is 7.45. The molecule has 1 fully saturated rings. The number of hydrogen-bond donors (Lipinski definition) is 1. The number of carbonyl (C=O) groups is 1. The van der Waals surface area contributed by atoms with Crippen LogP contribution in [-0.2, 0) is 10.0 Å². The lowest BCUT2D eigenvalue weighted by atomic mass is 10.2. The Balaban J connectivity index is 1.58. The fraction of sp³-hybridized carbons (Fsp3) is 0.286. The predicted molar refractivity (Wildman–Crippen MR) is 121 cm³/mol. The van der Waals surface area contributed by atoms with Crippen molar-refractivity contribution in [2.24, 2.45) is 0 Å². The molecular weight excluding hydrogens is 456 g/mol. The summed E-state index contributed by atoms with van der Waals surface area (Å²) in [5.74, 6) is -0.409. The number of hydrogen-bond acceptors (Lipinski definition) is 6. The molecule has 1 saturated heterocycles. The molecule has 1 aromatic heterocycles. The first kappa shape index (κ1) is 21.9. The van der Waals surface area contributed by atoms with E-state index in [0.717, 1.165) is 23.3 Å². The van der Waals surface area contributed by atoms with Gasteiger partial charge in [-0.15, -0.1) is 10.2 Å². The van der Waals surface area contributed by atoms with Gasteiger partial charge in [0, 0.05) is 17.3 Å². The van der Waals surface area contributed by atoms with Gasteiger partial charge >= 0.3 is 0 Å². The van der Waals surface area contributed by atoms with Gasteiger partial charge in [0.2, 0.25) is 15.0 Å². The van der Waals surface area contributed by atoms with Gasteiger partial charge in [0.15, 0.2) is 0 Å². The van der Waals surface area contributed by atoms with Gasteiger partial charge in [-0.3, -0.25) is 4.79 Å². The molecule has 0 saturated carbocycles. The van der Waals surface area contributed by atoms with Gasteiger partial charge in [-0.1, -0.05) is 41.1 Å². The molecule has 1 aliphatic heterocycles. The van der Waals surface area contributed by atoms with Crippen LogP contribution in [0.1, 0.15) is 44.8 Å². The number of rotatable bonds is 5. The average molecular weight is 477 g/mol. The van der Waals surface area contributed by atoms with Crippen LogP contribution >= 0.6 is 22.9 Å². The van der Waals surface area contributed by atoms with Crippen LogP contribution < -0.4 is 5.32 Å². The summed E-state index contributed by atoms with van der Waals surface area (Å²) >= 11 is 7.07. The summed E-state index contributed by atoms with van der Waals surface area (Å²) in [6.07, 6.45) is 1.35. The number of amides is 1. The molecular formula is C21H21ClN4O3S2. The smallest absolute Gasteiger partial charge is 0.286 e. The van der Waals surface area contributed by atoms with Crippen molar-refractivity contribution in [3.05, 3.63) is 68.6 Å². The van der Waals surface area contributed by atoms with E-state index in [0.29, 0.717) is 39.1 Å². The first-order valence-corrected chi connectivity index (χ1v) is 12.4. The highest BCUT2D eigenvalue weighted by Gasteiger charge is 2.39. The molecule has 2 heterocycles. The fourth-order valence-electron chi connectivity index (χ4n) is 3.60. The van der Waals surface area contributed by atoms with E-state index in [9.17, 15) is 13.2 Å². The monoisotopic (exact) mass is 476 g/mol. The van der Waals surface area contributed by atoms with Crippen molar-refractivity contribution in [3.63, 3.8) is 0 Å². The van der Waals surface area contributed by atoms with Crippen molar-refractivity contribution in [1.82, 2.24) is 14.5 Å². The topological polar surface area (TPSA) is 92.3 Å². The van der Waals surface area contributed by atoms with Crippen molar-refractivity contribution in [2.75, 3.05) is 11.9 Å².